The highest BCUT2D eigenvalue weighted by molar-refractivity contribution is 7.07. The fourth-order valence-corrected chi connectivity index (χ4v) is 6.54. The molecule has 4 aromatic carbocycles. The highest BCUT2D eigenvalue weighted by atomic mass is 32.1. The normalized spacial score (nSPS) is 14.5. The molecule has 0 aliphatic carbocycles. The molecule has 1 unspecified atom stereocenters. The molecule has 0 fully saturated rings. The maximum atomic E-state index is 14.1. The van der Waals surface area contributed by atoms with Gasteiger partial charge in [0.25, 0.3) is 11.5 Å². The summed E-state index contributed by atoms with van der Waals surface area (Å²) in [4.78, 5) is 33.3. The molecular formula is C37H33N3O4S. The van der Waals surface area contributed by atoms with Gasteiger partial charge in [-0.3, -0.25) is 14.2 Å². The molecule has 6 rings (SSSR count). The number of carbonyl (C=O) groups excluding carboxylic acids is 1. The topological polar surface area (TPSA) is 81.9 Å². The van der Waals surface area contributed by atoms with Gasteiger partial charge in [-0.05, 0) is 73.4 Å². The van der Waals surface area contributed by atoms with E-state index in [1.807, 2.05) is 124 Å². The fourth-order valence-electron chi connectivity index (χ4n) is 5.49. The number of benzene rings is 4. The second kappa shape index (κ2) is 12.8. The number of fused-ring (bicyclic) bond motifs is 1. The molecule has 0 bridgehead atoms. The van der Waals surface area contributed by atoms with Crippen LogP contribution in [-0.4, -0.2) is 17.6 Å². The van der Waals surface area contributed by atoms with Crippen LogP contribution in [-0.2, 0) is 11.4 Å². The minimum Gasteiger partial charge on any atom is -0.496 e. The second-order valence-corrected chi connectivity index (χ2v) is 11.9. The minimum atomic E-state index is -0.637. The Kier molecular flexibility index (Phi) is 8.49. The van der Waals surface area contributed by atoms with E-state index in [4.69, 9.17) is 14.5 Å². The van der Waals surface area contributed by atoms with Gasteiger partial charge in [-0.2, -0.15) is 0 Å². The minimum absolute atomic E-state index is 0.213. The van der Waals surface area contributed by atoms with E-state index >= 15 is 0 Å². The largest absolute Gasteiger partial charge is 0.496 e. The number of hydrogen-bond donors (Lipinski definition) is 1. The van der Waals surface area contributed by atoms with E-state index in [-0.39, 0.29) is 11.5 Å². The van der Waals surface area contributed by atoms with Crippen molar-refractivity contribution in [1.29, 1.82) is 0 Å². The molecule has 1 aliphatic rings. The predicted octanol–water partition coefficient (Wildman–Crippen LogP) is 6.08. The molecule has 0 saturated heterocycles. The Morgan fingerprint density at radius 1 is 0.911 bits per heavy atom. The lowest BCUT2D eigenvalue weighted by Gasteiger charge is -2.25. The molecule has 0 radical (unpaired) electrons. The maximum absolute atomic E-state index is 14.1. The van der Waals surface area contributed by atoms with E-state index in [1.54, 1.807) is 11.7 Å². The zero-order chi connectivity index (χ0) is 31.5. The third-order valence-electron chi connectivity index (χ3n) is 7.85. The number of carbonyl (C=O) groups is 1. The zero-order valence-corrected chi connectivity index (χ0v) is 26.4. The summed E-state index contributed by atoms with van der Waals surface area (Å²) in [6.07, 6.45) is 1.86. The maximum Gasteiger partial charge on any atom is 0.271 e. The van der Waals surface area contributed by atoms with E-state index in [1.165, 1.54) is 11.3 Å². The Balaban J connectivity index is 1.40. The summed E-state index contributed by atoms with van der Waals surface area (Å²) in [5.74, 6) is 1.21. The Morgan fingerprint density at radius 3 is 2.36 bits per heavy atom. The monoisotopic (exact) mass is 615 g/mol. The van der Waals surface area contributed by atoms with E-state index in [0.29, 0.717) is 38.6 Å². The summed E-state index contributed by atoms with van der Waals surface area (Å²) in [5, 5.41) is 3.05. The standard InChI is InChI=1S/C37H33N3O4S/c1-23-12-8-10-16-29(23)39-35(41)33-25(3)38-37-40(34(33)27-14-6-5-7-15-27)36(42)32(45-37)21-26-18-19-31(43-4)28(20-26)22-44-30-17-11-9-13-24(30)2/h5-21,34H,22H2,1-4H3,(H,39,41). The fraction of sp³-hybridized carbons (Fsp3) is 0.162. The van der Waals surface area contributed by atoms with Crippen molar-refractivity contribution in [1.82, 2.24) is 4.57 Å². The molecule has 7 nitrogen and oxygen atoms in total. The van der Waals surface area contributed by atoms with Gasteiger partial charge in [-0.1, -0.05) is 84.1 Å². The molecule has 8 heteroatoms. The second-order valence-electron chi connectivity index (χ2n) is 10.9. The van der Waals surface area contributed by atoms with Gasteiger partial charge in [0, 0.05) is 11.3 Å². The van der Waals surface area contributed by atoms with Gasteiger partial charge >= 0.3 is 0 Å². The highest BCUT2D eigenvalue weighted by Crippen LogP contribution is 2.31. The van der Waals surface area contributed by atoms with Gasteiger partial charge in [0.1, 0.15) is 18.1 Å². The number of anilines is 1. The van der Waals surface area contributed by atoms with Gasteiger partial charge in [-0.15, -0.1) is 0 Å². The van der Waals surface area contributed by atoms with Crippen molar-refractivity contribution < 1.29 is 14.3 Å². The number of nitrogens with one attached hydrogen (secondary N) is 1. The third kappa shape index (κ3) is 6.10. The third-order valence-corrected chi connectivity index (χ3v) is 8.84. The predicted molar refractivity (Wildman–Crippen MR) is 179 cm³/mol. The van der Waals surface area contributed by atoms with Crippen LogP contribution in [0.15, 0.2) is 118 Å². The summed E-state index contributed by atoms with van der Waals surface area (Å²) < 4.78 is 13.9. The first kappa shape index (κ1) is 29.8. The van der Waals surface area contributed by atoms with Crippen molar-refractivity contribution in [2.75, 3.05) is 12.4 Å². The molecule has 0 saturated carbocycles. The molecule has 0 spiro atoms. The lowest BCUT2D eigenvalue weighted by Crippen LogP contribution is -2.40. The van der Waals surface area contributed by atoms with Crippen molar-refractivity contribution in [3.8, 4) is 11.5 Å². The number of aryl methyl sites for hydroxylation is 2. The summed E-state index contributed by atoms with van der Waals surface area (Å²) in [6.45, 7) is 6.08. The van der Waals surface area contributed by atoms with E-state index in [0.717, 1.165) is 33.6 Å². The molecule has 5 aromatic rings. The Morgan fingerprint density at radius 2 is 1.62 bits per heavy atom. The molecule has 1 amide bonds. The molecule has 1 atom stereocenters. The van der Waals surface area contributed by atoms with Gasteiger partial charge in [0.05, 0.1) is 29.0 Å². The summed E-state index contributed by atoms with van der Waals surface area (Å²) in [6, 6.07) is 30.2. The number of rotatable bonds is 8. The van der Waals surface area contributed by atoms with Crippen LogP contribution < -0.4 is 29.7 Å². The lowest BCUT2D eigenvalue weighted by molar-refractivity contribution is -0.113. The highest BCUT2D eigenvalue weighted by Gasteiger charge is 2.32. The number of methoxy groups -OCH3 is 1. The molecule has 1 aromatic heterocycles. The van der Waals surface area contributed by atoms with Crippen LogP contribution in [0, 0.1) is 13.8 Å². The van der Waals surface area contributed by atoms with E-state index in [2.05, 4.69) is 5.32 Å². The van der Waals surface area contributed by atoms with Gasteiger partial charge in [0.2, 0.25) is 0 Å². The smallest absolute Gasteiger partial charge is 0.271 e. The van der Waals surface area contributed by atoms with Crippen LogP contribution in [0.4, 0.5) is 5.69 Å². The average Bonchev–Trinajstić information content (AvgIpc) is 3.35. The van der Waals surface area contributed by atoms with Crippen molar-refractivity contribution >= 4 is 29.0 Å². The zero-order valence-electron chi connectivity index (χ0n) is 25.5. The number of amides is 1. The van der Waals surface area contributed by atoms with Crippen molar-refractivity contribution in [2.45, 2.75) is 33.4 Å². The van der Waals surface area contributed by atoms with E-state index < -0.39 is 6.04 Å². The molecule has 226 valence electrons. The van der Waals surface area contributed by atoms with Crippen molar-refractivity contribution in [3.05, 3.63) is 156 Å². The van der Waals surface area contributed by atoms with Gasteiger partial charge < -0.3 is 14.8 Å². The van der Waals surface area contributed by atoms with E-state index in [9.17, 15) is 9.59 Å². The molecule has 1 N–H and O–H groups in total. The van der Waals surface area contributed by atoms with Crippen LogP contribution >= 0.6 is 11.3 Å². The van der Waals surface area contributed by atoms with Gasteiger partial charge in [0.15, 0.2) is 4.80 Å². The number of allylic oxidation sites excluding steroid dienone is 1. The van der Waals surface area contributed by atoms with Crippen LogP contribution in [0.25, 0.3) is 6.08 Å². The lowest BCUT2D eigenvalue weighted by atomic mass is 9.95. The quantitative estimate of drug-likeness (QED) is 0.230. The van der Waals surface area contributed by atoms with Crippen molar-refractivity contribution in [2.24, 2.45) is 4.99 Å². The van der Waals surface area contributed by atoms with Gasteiger partial charge in [-0.25, -0.2) is 4.99 Å². The first-order chi connectivity index (χ1) is 21.8. The summed E-state index contributed by atoms with van der Waals surface area (Å²) >= 11 is 1.31. The number of thiazole rings is 1. The van der Waals surface area contributed by atoms with Crippen LogP contribution in [0.2, 0.25) is 0 Å². The number of ether oxygens (including phenoxy) is 2. The molecule has 45 heavy (non-hydrogen) atoms. The Bertz CT molecular complexity index is 2110. The molecule has 1 aliphatic heterocycles. The Labute approximate surface area is 265 Å². The SMILES string of the molecule is COc1ccc(C=c2sc3n(c2=O)C(c2ccccc2)C(C(=O)Nc2ccccc2C)=C(C)N=3)cc1COc1ccccc1C. The van der Waals surface area contributed by atoms with Crippen LogP contribution in [0.5, 0.6) is 11.5 Å². The number of para-hydroxylation sites is 2. The number of nitrogens with zero attached hydrogens (tertiary/aromatic N) is 2. The first-order valence-electron chi connectivity index (χ1n) is 14.6. The summed E-state index contributed by atoms with van der Waals surface area (Å²) in [5.41, 5.74) is 6.01. The van der Waals surface area contributed by atoms with Crippen LogP contribution in [0.1, 0.15) is 40.8 Å². The van der Waals surface area contributed by atoms with Crippen LogP contribution in [0.3, 0.4) is 0 Å². The number of aromatic nitrogens is 1. The molecular weight excluding hydrogens is 582 g/mol. The summed E-state index contributed by atoms with van der Waals surface area (Å²) in [7, 11) is 1.63. The number of hydrogen-bond acceptors (Lipinski definition) is 6. The average molecular weight is 616 g/mol. The molecule has 2 heterocycles. The Hall–Kier alpha value is -5.21. The first-order valence-corrected chi connectivity index (χ1v) is 15.5. The van der Waals surface area contributed by atoms with Crippen molar-refractivity contribution in [3.63, 3.8) is 0 Å².